The number of thiazole rings is 1. The molecule has 0 fully saturated rings. The van der Waals surface area contributed by atoms with Crippen LogP contribution in [0.15, 0.2) is 54.2 Å². The Balaban J connectivity index is 1.66. The minimum Gasteiger partial charge on any atom is -0.272 e. The van der Waals surface area contributed by atoms with E-state index in [2.05, 4.69) is 10.1 Å². The Morgan fingerprint density at radius 1 is 1.14 bits per heavy atom. The van der Waals surface area contributed by atoms with Gasteiger partial charge in [-0.1, -0.05) is 30.3 Å². The molecule has 114 valence electrons. The third-order valence-corrected chi connectivity index (χ3v) is 5.70. The molecule has 0 amide bonds. The molecule has 0 saturated heterocycles. The van der Waals surface area contributed by atoms with Gasteiger partial charge >= 0.3 is 0 Å². The van der Waals surface area contributed by atoms with Gasteiger partial charge in [0.2, 0.25) is 0 Å². The minimum absolute atomic E-state index is 0.0221. The molecule has 5 nitrogen and oxygen atoms in total. The highest BCUT2D eigenvalue weighted by atomic mass is 32.2. The van der Waals surface area contributed by atoms with E-state index in [1.807, 2.05) is 35.7 Å². The van der Waals surface area contributed by atoms with E-state index in [9.17, 15) is 8.42 Å². The van der Waals surface area contributed by atoms with Crippen LogP contribution in [0.25, 0.3) is 11.3 Å². The van der Waals surface area contributed by atoms with Crippen LogP contribution in [-0.2, 0) is 22.1 Å². The zero-order chi connectivity index (χ0) is 15.4. The highest BCUT2D eigenvalue weighted by molar-refractivity contribution is 7.90. The van der Waals surface area contributed by atoms with Gasteiger partial charge in [0.05, 0.1) is 18.0 Å². The summed E-state index contributed by atoms with van der Waals surface area (Å²) in [7, 11) is -3.19. The zero-order valence-corrected chi connectivity index (χ0v) is 13.4. The predicted octanol–water partition coefficient (Wildman–Crippen LogP) is 2.62. The molecule has 0 saturated carbocycles. The Kier molecular flexibility index (Phi) is 4.35. The van der Waals surface area contributed by atoms with E-state index in [0.29, 0.717) is 11.6 Å². The fourth-order valence-electron chi connectivity index (χ4n) is 2.04. The lowest BCUT2D eigenvalue weighted by atomic mass is 10.2. The van der Waals surface area contributed by atoms with Gasteiger partial charge in [0.15, 0.2) is 9.84 Å². The average Bonchev–Trinajstić information content (AvgIpc) is 3.17. The second-order valence-corrected chi connectivity index (χ2v) is 7.98. The highest BCUT2D eigenvalue weighted by Gasteiger charge is 2.15. The van der Waals surface area contributed by atoms with Crippen molar-refractivity contribution in [3.05, 3.63) is 59.2 Å². The summed E-state index contributed by atoms with van der Waals surface area (Å²) in [4.78, 5) is 4.43. The van der Waals surface area contributed by atoms with Crippen LogP contribution in [0.4, 0.5) is 0 Å². The van der Waals surface area contributed by atoms with Gasteiger partial charge in [-0.05, 0) is 6.07 Å². The van der Waals surface area contributed by atoms with Crippen LogP contribution in [0.2, 0.25) is 0 Å². The number of nitrogens with zero attached hydrogens (tertiary/aromatic N) is 3. The molecule has 0 radical (unpaired) electrons. The van der Waals surface area contributed by atoms with Gasteiger partial charge < -0.3 is 0 Å². The molecule has 0 aliphatic rings. The Hall–Kier alpha value is -1.99. The van der Waals surface area contributed by atoms with Crippen LogP contribution >= 0.6 is 11.3 Å². The van der Waals surface area contributed by atoms with Crippen molar-refractivity contribution in [1.82, 2.24) is 14.8 Å². The zero-order valence-electron chi connectivity index (χ0n) is 11.8. The summed E-state index contributed by atoms with van der Waals surface area (Å²) in [5, 5.41) is 6.53. The van der Waals surface area contributed by atoms with Gasteiger partial charge in [0.25, 0.3) is 0 Å². The SMILES string of the molecule is O=S(=O)(CCn1cccn1)Cc1nc(-c2ccccc2)cs1. The number of aromatic nitrogens is 3. The summed E-state index contributed by atoms with van der Waals surface area (Å²) in [6, 6.07) is 11.5. The van der Waals surface area contributed by atoms with Crippen molar-refractivity contribution in [2.75, 3.05) is 5.75 Å². The maximum Gasteiger partial charge on any atom is 0.158 e. The Morgan fingerprint density at radius 3 is 2.68 bits per heavy atom. The number of sulfone groups is 1. The molecular formula is C15H15N3O2S2. The predicted molar refractivity (Wildman–Crippen MR) is 87.3 cm³/mol. The van der Waals surface area contributed by atoms with Crippen molar-refractivity contribution >= 4 is 21.2 Å². The molecule has 0 aliphatic carbocycles. The Morgan fingerprint density at radius 2 is 1.95 bits per heavy atom. The number of aryl methyl sites for hydroxylation is 1. The lowest BCUT2D eigenvalue weighted by molar-refractivity contribution is 0.580. The molecule has 0 spiro atoms. The molecular weight excluding hydrogens is 318 g/mol. The van der Waals surface area contributed by atoms with Crippen LogP contribution < -0.4 is 0 Å². The molecule has 3 aromatic rings. The number of hydrogen-bond acceptors (Lipinski definition) is 5. The van der Waals surface area contributed by atoms with Crippen molar-refractivity contribution in [1.29, 1.82) is 0 Å². The first kappa shape index (κ1) is 14.9. The normalized spacial score (nSPS) is 11.6. The van der Waals surface area contributed by atoms with Crippen molar-refractivity contribution in [2.45, 2.75) is 12.3 Å². The molecule has 7 heteroatoms. The van der Waals surface area contributed by atoms with E-state index >= 15 is 0 Å². The molecule has 0 N–H and O–H groups in total. The first-order valence-electron chi connectivity index (χ1n) is 6.80. The van der Waals surface area contributed by atoms with E-state index in [-0.39, 0.29) is 11.5 Å². The van der Waals surface area contributed by atoms with Crippen LogP contribution in [0.3, 0.4) is 0 Å². The van der Waals surface area contributed by atoms with E-state index in [0.717, 1.165) is 11.3 Å². The van der Waals surface area contributed by atoms with Gasteiger partial charge in [-0.25, -0.2) is 13.4 Å². The molecule has 0 bridgehead atoms. The van der Waals surface area contributed by atoms with Crippen molar-refractivity contribution in [3.8, 4) is 11.3 Å². The van der Waals surface area contributed by atoms with Crippen molar-refractivity contribution in [2.24, 2.45) is 0 Å². The lowest BCUT2D eigenvalue weighted by Gasteiger charge is -2.02. The second kappa shape index (κ2) is 6.41. The smallest absolute Gasteiger partial charge is 0.158 e. The van der Waals surface area contributed by atoms with Crippen LogP contribution in [-0.4, -0.2) is 28.9 Å². The van der Waals surface area contributed by atoms with Gasteiger partial charge in [0.1, 0.15) is 10.8 Å². The first-order valence-corrected chi connectivity index (χ1v) is 9.50. The van der Waals surface area contributed by atoms with Gasteiger partial charge in [-0.15, -0.1) is 11.3 Å². The standard InChI is InChI=1S/C15H15N3O2S2/c19-22(20,10-9-18-8-4-7-16-18)12-15-17-14(11-21-15)13-5-2-1-3-6-13/h1-8,11H,9-10,12H2. The average molecular weight is 333 g/mol. The van der Waals surface area contributed by atoms with Crippen LogP contribution in [0.5, 0.6) is 0 Å². The third kappa shape index (κ3) is 3.80. The maximum absolute atomic E-state index is 12.2. The second-order valence-electron chi connectivity index (χ2n) is 4.85. The largest absolute Gasteiger partial charge is 0.272 e. The molecule has 2 heterocycles. The Labute approximate surface area is 133 Å². The fraction of sp³-hybridized carbons (Fsp3) is 0.200. The quantitative estimate of drug-likeness (QED) is 0.695. The molecule has 0 aliphatic heterocycles. The molecule has 0 atom stereocenters. The summed E-state index contributed by atoms with van der Waals surface area (Å²) in [6.07, 6.45) is 3.39. The summed E-state index contributed by atoms with van der Waals surface area (Å²) in [6.45, 7) is 0.367. The summed E-state index contributed by atoms with van der Waals surface area (Å²) < 4.78 is 26.0. The van der Waals surface area contributed by atoms with E-state index in [1.165, 1.54) is 11.3 Å². The summed E-state index contributed by atoms with van der Waals surface area (Å²) in [5.74, 6) is 0.0424. The molecule has 22 heavy (non-hydrogen) atoms. The summed E-state index contributed by atoms with van der Waals surface area (Å²) in [5.41, 5.74) is 1.82. The molecule has 2 aromatic heterocycles. The van der Waals surface area contributed by atoms with Crippen LogP contribution in [0.1, 0.15) is 5.01 Å². The topological polar surface area (TPSA) is 64.8 Å². The third-order valence-electron chi connectivity index (χ3n) is 3.16. The van der Waals surface area contributed by atoms with Crippen LogP contribution in [0, 0.1) is 0 Å². The van der Waals surface area contributed by atoms with Gasteiger partial charge in [0, 0.05) is 23.3 Å². The van der Waals surface area contributed by atoms with E-state index in [4.69, 9.17) is 0 Å². The minimum atomic E-state index is -3.19. The number of hydrogen-bond donors (Lipinski definition) is 0. The molecule has 0 unspecified atom stereocenters. The van der Waals surface area contributed by atoms with Gasteiger partial charge in [-0.2, -0.15) is 5.10 Å². The molecule has 3 rings (SSSR count). The molecule has 1 aromatic carbocycles. The lowest BCUT2D eigenvalue weighted by Crippen LogP contribution is -2.15. The number of rotatable bonds is 6. The summed E-state index contributed by atoms with van der Waals surface area (Å²) >= 11 is 1.38. The highest BCUT2D eigenvalue weighted by Crippen LogP contribution is 2.22. The van der Waals surface area contributed by atoms with Gasteiger partial charge in [-0.3, -0.25) is 4.68 Å². The fourth-order valence-corrected chi connectivity index (χ4v) is 4.49. The maximum atomic E-state index is 12.2. The monoisotopic (exact) mass is 333 g/mol. The number of benzene rings is 1. The van der Waals surface area contributed by atoms with E-state index < -0.39 is 9.84 Å². The van der Waals surface area contributed by atoms with Crippen molar-refractivity contribution in [3.63, 3.8) is 0 Å². The van der Waals surface area contributed by atoms with Crippen molar-refractivity contribution < 1.29 is 8.42 Å². The first-order chi connectivity index (χ1) is 10.6. The van der Waals surface area contributed by atoms with E-state index in [1.54, 1.807) is 23.1 Å². The Bertz CT molecular complexity index is 825.